The van der Waals surface area contributed by atoms with Crippen molar-refractivity contribution in [2.24, 2.45) is 0 Å². The van der Waals surface area contributed by atoms with Gasteiger partial charge in [-0.15, -0.1) is 16.4 Å². The Kier molecular flexibility index (Phi) is 6.39. The van der Waals surface area contributed by atoms with E-state index in [4.69, 9.17) is 0 Å². The zero-order chi connectivity index (χ0) is 21.8. The summed E-state index contributed by atoms with van der Waals surface area (Å²) in [5.41, 5.74) is 3.88. The van der Waals surface area contributed by atoms with Gasteiger partial charge in [0.1, 0.15) is 0 Å². The normalized spacial score (nSPS) is 16.3. The van der Waals surface area contributed by atoms with E-state index in [0.717, 1.165) is 38.5 Å². The fraction of sp³-hybridized carbons (Fsp3) is 0.320. The van der Waals surface area contributed by atoms with Crippen molar-refractivity contribution in [1.29, 1.82) is 0 Å². The molecule has 32 heavy (non-hydrogen) atoms. The molecule has 0 saturated carbocycles. The van der Waals surface area contributed by atoms with Gasteiger partial charge in [0.2, 0.25) is 0 Å². The van der Waals surface area contributed by atoms with Gasteiger partial charge in [-0.25, -0.2) is 4.68 Å². The van der Waals surface area contributed by atoms with Gasteiger partial charge in [0.15, 0.2) is 5.82 Å². The van der Waals surface area contributed by atoms with Crippen molar-refractivity contribution in [3.63, 3.8) is 0 Å². The van der Waals surface area contributed by atoms with Crippen LogP contribution in [0.2, 0.25) is 0 Å². The monoisotopic (exact) mass is 444 g/mol. The summed E-state index contributed by atoms with van der Waals surface area (Å²) in [6.07, 6.45) is 0. The van der Waals surface area contributed by atoms with E-state index in [1.54, 1.807) is 11.3 Å². The summed E-state index contributed by atoms with van der Waals surface area (Å²) in [5.74, 6) is 0.916. The molecule has 1 aliphatic rings. The largest absolute Gasteiger partial charge is 0.297 e. The van der Waals surface area contributed by atoms with Crippen LogP contribution in [-0.4, -0.2) is 56.2 Å². The van der Waals surface area contributed by atoms with Crippen molar-refractivity contribution in [3.05, 3.63) is 99.5 Å². The van der Waals surface area contributed by atoms with Gasteiger partial charge < -0.3 is 0 Å². The minimum Gasteiger partial charge on any atom is -0.297 e. The van der Waals surface area contributed by atoms with Gasteiger partial charge in [0.05, 0.1) is 12.6 Å². The van der Waals surface area contributed by atoms with Crippen molar-refractivity contribution >= 4 is 11.3 Å². The first-order chi connectivity index (χ1) is 15.8. The molecule has 0 amide bonds. The maximum absolute atomic E-state index is 4.51. The SMILES string of the molecule is Cc1ccc([C@@H](c2nnnn2Cc2cccs2)N2CCN(Cc3ccccc3)CC2)cc1. The number of aryl methyl sites for hydroxylation is 1. The number of hydrogen-bond acceptors (Lipinski definition) is 6. The Morgan fingerprint density at radius 2 is 1.66 bits per heavy atom. The molecule has 164 valence electrons. The summed E-state index contributed by atoms with van der Waals surface area (Å²) < 4.78 is 1.96. The molecule has 6 nitrogen and oxygen atoms in total. The number of piperazine rings is 1. The zero-order valence-electron chi connectivity index (χ0n) is 18.3. The summed E-state index contributed by atoms with van der Waals surface area (Å²) in [5, 5.41) is 15.0. The van der Waals surface area contributed by atoms with Crippen molar-refractivity contribution in [2.75, 3.05) is 26.2 Å². The molecule has 2 aromatic carbocycles. The molecule has 1 fully saturated rings. The van der Waals surface area contributed by atoms with Crippen molar-refractivity contribution in [3.8, 4) is 0 Å². The molecule has 0 unspecified atom stereocenters. The zero-order valence-corrected chi connectivity index (χ0v) is 19.2. The Hall–Kier alpha value is -2.87. The molecule has 2 aromatic heterocycles. The van der Waals surface area contributed by atoms with Crippen molar-refractivity contribution < 1.29 is 0 Å². The number of nitrogens with zero attached hydrogens (tertiary/aromatic N) is 6. The fourth-order valence-corrected chi connectivity index (χ4v) is 5.05. The van der Waals surface area contributed by atoms with Crippen LogP contribution in [0.1, 0.15) is 33.4 Å². The van der Waals surface area contributed by atoms with Crippen LogP contribution in [0, 0.1) is 6.92 Å². The van der Waals surface area contributed by atoms with Gasteiger partial charge in [-0.1, -0.05) is 66.2 Å². The van der Waals surface area contributed by atoms with E-state index in [0.29, 0.717) is 6.54 Å². The van der Waals surface area contributed by atoms with Crippen LogP contribution in [0.4, 0.5) is 0 Å². The second-order valence-electron chi connectivity index (χ2n) is 8.39. The van der Waals surface area contributed by atoms with E-state index >= 15 is 0 Å². The first-order valence-corrected chi connectivity index (χ1v) is 12.0. The van der Waals surface area contributed by atoms with Crippen LogP contribution in [0.3, 0.4) is 0 Å². The Labute approximate surface area is 193 Å². The highest BCUT2D eigenvalue weighted by Gasteiger charge is 2.30. The molecule has 5 rings (SSSR count). The van der Waals surface area contributed by atoms with E-state index in [9.17, 15) is 0 Å². The van der Waals surface area contributed by atoms with Gasteiger partial charge >= 0.3 is 0 Å². The molecule has 1 saturated heterocycles. The minimum absolute atomic E-state index is 0.0458. The molecule has 0 bridgehead atoms. The third-order valence-electron chi connectivity index (χ3n) is 6.10. The second-order valence-corrected chi connectivity index (χ2v) is 9.42. The maximum atomic E-state index is 4.51. The summed E-state index contributed by atoms with van der Waals surface area (Å²) in [6, 6.07) is 23.8. The Morgan fingerprint density at radius 1 is 0.875 bits per heavy atom. The smallest absolute Gasteiger partial charge is 0.173 e. The van der Waals surface area contributed by atoms with Crippen LogP contribution in [0.5, 0.6) is 0 Å². The highest BCUT2D eigenvalue weighted by molar-refractivity contribution is 7.09. The summed E-state index contributed by atoms with van der Waals surface area (Å²) in [7, 11) is 0. The molecular weight excluding hydrogens is 416 g/mol. The number of benzene rings is 2. The Bertz CT molecular complexity index is 1100. The van der Waals surface area contributed by atoms with E-state index in [1.165, 1.54) is 21.6 Å². The number of hydrogen-bond donors (Lipinski definition) is 0. The predicted octanol–water partition coefficient (Wildman–Crippen LogP) is 4.00. The van der Waals surface area contributed by atoms with Crippen LogP contribution in [0.25, 0.3) is 0 Å². The van der Waals surface area contributed by atoms with Gasteiger partial charge in [0.25, 0.3) is 0 Å². The highest BCUT2D eigenvalue weighted by Crippen LogP contribution is 2.29. The number of thiophene rings is 1. The summed E-state index contributed by atoms with van der Waals surface area (Å²) in [6.45, 7) is 7.86. The molecule has 0 radical (unpaired) electrons. The number of rotatable bonds is 7. The van der Waals surface area contributed by atoms with E-state index in [1.807, 2.05) is 4.68 Å². The topological polar surface area (TPSA) is 50.1 Å². The van der Waals surface area contributed by atoms with Crippen molar-refractivity contribution in [2.45, 2.75) is 26.1 Å². The molecule has 0 N–H and O–H groups in total. The number of aromatic nitrogens is 4. The van der Waals surface area contributed by atoms with E-state index < -0.39 is 0 Å². The van der Waals surface area contributed by atoms with Gasteiger partial charge in [0, 0.05) is 37.6 Å². The molecular formula is C25H28N6S. The Balaban J connectivity index is 1.37. The van der Waals surface area contributed by atoms with E-state index in [-0.39, 0.29) is 6.04 Å². The lowest BCUT2D eigenvalue weighted by atomic mass is 10.0. The van der Waals surface area contributed by atoms with Crippen LogP contribution < -0.4 is 0 Å². The van der Waals surface area contributed by atoms with Crippen LogP contribution >= 0.6 is 11.3 Å². The van der Waals surface area contributed by atoms with Gasteiger partial charge in [-0.2, -0.15) is 0 Å². The lowest BCUT2D eigenvalue weighted by molar-refractivity contribution is 0.100. The van der Waals surface area contributed by atoms with Crippen LogP contribution in [0.15, 0.2) is 72.1 Å². The molecule has 0 aliphatic carbocycles. The van der Waals surface area contributed by atoms with Gasteiger partial charge in [-0.05, 0) is 39.9 Å². The standard InChI is InChI=1S/C25H28N6S/c1-20-9-11-22(12-10-20)24(25-26-27-28-31(25)19-23-8-5-17-32-23)30-15-13-29(14-16-30)18-21-6-3-2-4-7-21/h2-12,17,24H,13-16,18-19H2,1H3/t24-/m0/s1. The molecule has 4 aromatic rings. The molecule has 0 spiro atoms. The van der Waals surface area contributed by atoms with E-state index in [2.05, 4.69) is 104 Å². The molecule has 1 aliphatic heterocycles. The third-order valence-corrected chi connectivity index (χ3v) is 6.97. The lowest BCUT2D eigenvalue weighted by Crippen LogP contribution is -2.48. The fourth-order valence-electron chi connectivity index (χ4n) is 4.36. The lowest BCUT2D eigenvalue weighted by Gasteiger charge is -2.39. The first kappa shape index (κ1) is 21.0. The average Bonchev–Trinajstić information content (AvgIpc) is 3.50. The quantitative estimate of drug-likeness (QED) is 0.431. The van der Waals surface area contributed by atoms with Gasteiger partial charge in [-0.3, -0.25) is 9.80 Å². The highest BCUT2D eigenvalue weighted by atomic mass is 32.1. The molecule has 1 atom stereocenters. The minimum atomic E-state index is 0.0458. The molecule has 3 heterocycles. The summed E-state index contributed by atoms with van der Waals surface area (Å²) >= 11 is 1.74. The average molecular weight is 445 g/mol. The Morgan fingerprint density at radius 3 is 2.38 bits per heavy atom. The second kappa shape index (κ2) is 9.73. The number of tetrazole rings is 1. The van der Waals surface area contributed by atoms with Crippen molar-refractivity contribution in [1.82, 2.24) is 30.0 Å². The van der Waals surface area contributed by atoms with Crippen LogP contribution in [-0.2, 0) is 13.1 Å². The maximum Gasteiger partial charge on any atom is 0.173 e. The molecule has 7 heteroatoms. The summed E-state index contributed by atoms with van der Waals surface area (Å²) in [4.78, 5) is 6.32. The third kappa shape index (κ3) is 4.80. The first-order valence-electron chi connectivity index (χ1n) is 11.1. The predicted molar refractivity (Wildman–Crippen MR) is 128 cm³/mol.